The van der Waals surface area contributed by atoms with Crippen LogP contribution >= 0.6 is 11.6 Å². The van der Waals surface area contributed by atoms with E-state index in [1.165, 1.54) is 18.2 Å². The molecule has 2 N–H and O–H groups in total. The summed E-state index contributed by atoms with van der Waals surface area (Å²) < 4.78 is 52.2. The van der Waals surface area contributed by atoms with Crippen LogP contribution in [0.2, 0.25) is 5.02 Å². The van der Waals surface area contributed by atoms with E-state index in [9.17, 15) is 22.4 Å². The number of aromatic nitrogens is 1. The summed E-state index contributed by atoms with van der Waals surface area (Å²) in [5, 5.41) is 2.54. The van der Waals surface area contributed by atoms with Crippen molar-refractivity contribution >= 4 is 34.1 Å². The molecule has 3 aromatic rings. The van der Waals surface area contributed by atoms with Gasteiger partial charge in [-0.1, -0.05) is 11.6 Å². The highest BCUT2D eigenvalue weighted by molar-refractivity contribution is 6.31. The van der Waals surface area contributed by atoms with Gasteiger partial charge in [-0.05, 0) is 48.9 Å². The lowest BCUT2D eigenvalue weighted by Gasteiger charge is -2.12. The van der Waals surface area contributed by atoms with E-state index in [0.29, 0.717) is 22.2 Å². The SMILES string of the molecule is Cc1[nH]c2ccc(F)cc2c1CC(=O)Nc1ccc(Cl)c(C(F)(F)F)c1. The number of rotatable bonds is 3. The number of H-pyrrole nitrogens is 1. The van der Waals surface area contributed by atoms with Crippen molar-refractivity contribution in [2.45, 2.75) is 19.5 Å². The van der Waals surface area contributed by atoms with Crippen LogP contribution in [0, 0.1) is 12.7 Å². The van der Waals surface area contributed by atoms with Gasteiger partial charge in [0.1, 0.15) is 5.82 Å². The van der Waals surface area contributed by atoms with E-state index in [1.54, 1.807) is 13.0 Å². The minimum absolute atomic E-state index is 0.0181. The van der Waals surface area contributed by atoms with Gasteiger partial charge in [-0.2, -0.15) is 13.2 Å². The van der Waals surface area contributed by atoms with Gasteiger partial charge in [-0.25, -0.2) is 4.39 Å². The molecule has 1 amide bonds. The average molecular weight is 385 g/mol. The van der Waals surface area contributed by atoms with Crippen LogP contribution in [-0.4, -0.2) is 10.9 Å². The van der Waals surface area contributed by atoms with E-state index >= 15 is 0 Å². The van der Waals surface area contributed by atoms with E-state index < -0.39 is 28.5 Å². The number of aromatic amines is 1. The molecule has 8 heteroatoms. The number of anilines is 1. The predicted molar refractivity (Wildman–Crippen MR) is 91.8 cm³/mol. The van der Waals surface area contributed by atoms with Gasteiger partial charge in [-0.3, -0.25) is 4.79 Å². The number of fused-ring (bicyclic) bond motifs is 1. The highest BCUT2D eigenvalue weighted by Gasteiger charge is 2.33. The van der Waals surface area contributed by atoms with Gasteiger partial charge in [0.25, 0.3) is 0 Å². The van der Waals surface area contributed by atoms with Gasteiger partial charge in [0.15, 0.2) is 0 Å². The molecule has 0 spiro atoms. The number of hydrogen-bond acceptors (Lipinski definition) is 1. The Bertz CT molecular complexity index is 995. The zero-order chi connectivity index (χ0) is 19.1. The summed E-state index contributed by atoms with van der Waals surface area (Å²) in [6.45, 7) is 1.74. The molecule has 2 aromatic carbocycles. The average Bonchev–Trinajstić information content (AvgIpc) is 2.84. The van der Waals surface area contributed by atoms with Crippen molar-refractivity contribution in [2.24, 2.45) is 0 Å². The van der Waals surface area contributed by atoms with Gasteiger partial charge in [0, 0.05) is 22.3 Å². The third-order valence-electron chi connectivity index (χ3n) is 3.97. The molecular formula is C18H13ClF4N2O. The molecule has 0 fully saturated rings. The standard InChI is InChI=1S/C18H13ClF4N2O/c1-9-12(13-6-10(20)2-5-16(13)24-9)8-17(26)25-11-3-4-15(19)14(7-11)18(21,22)23/h2-7,24H,8H2,1H3,(H,25,26). The molecule has 0 bridgehead atoms. The van der Waals surface area contributed by atoms with Gasteiger partial charge in [0.05, 0.1) is 17.0 Å². The zero-order valence-corrected chi connectivity index (χ0v) is 14.2. The Balaban J connectivity index is 1.84. The number of aryl methyl sites for hydroxylation is 1. The molecule has 3 nitrogen and oxygen atoms in total. The molecule has 136 valence electrons. The Hall–Kier alpha value is -2.54. The second-order valence-corrected chi connectivity index (χ2v) is 6.24. The number of amides is 1. The summed E-state index contributed by atoms with van der Waals surface area (Å²) in [6.07, 6.45) is -4.73. The van der Waals surface area contributed by atoms with Crippen LogP contribution in [-0.2, 0) is 17.4 Å². The van der Waals surface area contributed by atoms with Gasteiger partial charge in [0.2, 0.25) is 5.91 Å². The number of hydrogen-bond donors (Lipinski definition) is 2. The van der Waals surface area contributed by atoms with Crippen LogP contribution in [0.4, 0.5) is 23.2 Å². The number of carbonyl (C=O) groups excluding carboxylic acids is 1. The van der Waals surface area contributed by atoms with Gasteiger partial charge in [-0.15, -0.1) is 0 Å². The first-order valence-corrected chi connectivity index (χ1v) is 7.96. The number of nitrogens with one attached hydrogen (secondary N) is 2. The maximum Gasteiger partial charge on any atom is 0.417 e. The Morgan fingerprint density at radius 3 is 2.62 bits per heavy atom. The highest BCUT2D eigenvalue weighted by atomic mass is 35.5. The zero-order valence-electron chi connectivity index (χ0n) is 13.5. The maximum atomic E-state index is 13.5. The van der Waals surface area contributed by atoms with Gasteiger partial charge >= 0.3 is 6.18 Å². The van der Waals surface area contributed by atoms with E-state index in [1.807, 2.05) is 0 Å². The molecule has 0 saturated carbocycles. The first-order chi connectivity index (χ1) is 12.1. The molecule has 0 atom stereocenters. The molecule has 3 rings (SSSR count). The maximum absolute atomic E-state index is 13.5. The summed E-state index contributed by atoms with van der Waals surface area (Å²) in [7, 11) is 0. The fraction of sp³-hybridized carbons (Fsp3) is 0.167. The van der Waals surface area contributed by atoms with Crippen molar-refractivity contribution in [3.63, 3.8) is 0 Å². The van der Waals surface area contributed by atoms with E-state index in [-0.39, 0.29) is 12.1 Å². The Morgan fingerprint density at radius 2 is 1.92 bits per heavy atom. The smallest absolute Gasteiger partial charge is 0.358 e. The summed E-state index contributed by atoms with van der Waals surface area (Å²) in [5.74, 6) is -0.959. The van der Waals surface area contributed by atoms with Crippen molar-refractivity contribution < 1.29 is 22.4 Å². The van der Waals surface area contributed by atoms with Gasteiger partial charge < -0.3 is 10.3 Å². The largest absolute Gasteiger partial charge is 0.417 e. The lowest BCUT2D eigenvalue weighted by atomic mass is 10.1. The summed E-state index contributed by atoms with van der Waals surface area (Å²) in [4.78, 5) is 15.3. The fourth-order valence-corrected chi connectivity index (χ4v) is 2.99. The van der Waals surface area contributed by atoms with Crippen LogP contribution in [0.15, 0.2) is 36.4 Å². The first-order valence-electron chi connectivity index (χ1n) is 7.58. The van der Waals surface area contributed by atoms with Crippen LogP contribution in [0.5, 0.6) is 0 Å². The topological polar surface area (TPSA) is 44.9 Å². The number of carbonyl (C=O) groups is 1. The van der Waals surface area contributed by atoms with E-state index in [4.69, 9.17) is 11.6 Å². The molecule has 0 saturated heterocycles. The minimum Gasteiger partial charge on any atom is -0.358 e. The third-order valence-corrected chi connectivity index (χ3v) is 4.30. The monoisotopic (exact) mass is 384 g/mol. The number of halogens is 5. The molecule has 1 heterocycles. The van der Waals surface area contributed by atoms with Crippen LogP contribution in [0.3, 0.4) is 0 Å². The van der Waals surface area contributed by atoms with Crippen LogP contribution in [0.25, 0.3) is 10.9 Å². The molecule has 0 unspecified atom stereocenters. The van der Waals surface area contributed by atoms with Crippen molar-refractivity contribution in [1.82, 2.24) is 4.98 Å². The molecular weight excluding hydrogens is 372 g/mol. The number of benzene rings is 2. The van der Waals surface area contributed by atoms with E-state index in [0.717, 1.165) is 12.1 Å². The molecule has 0 aliphatic carbocycles. The second kappa shape index (κ2) is 6.64. The number of alkyl halides is 3. The molecule has 0 aliphatic rings. The van der Waals surface area contributed by atoms with Crippen molar-refractivity contribution in [2.75, 3.05) is 5.32 Å². The Labute approximate surface area is 151 Å². The van der Waals surface area contributed by atoms with Crippen molar-refractivity contribution in [1.29, 1.82) is 0 Å². The molecule has 26 heavy (non-hydrogen) atoms. The Morgan fingerprint density at radius 1 is 1.19 bits per heavy atom. The quantitative estimate of drug-likeness (QED) is 0.578. The first kappa shape index (κ1) is 18.3. The highest BCUT2D eigenvalue weighted by Crippen LogP contribution is 2.36. The molecule has 1 aromatic heterocycles. The fourth-order valence-electron chi connectivity index (χ4n) is 2.77. The van der Waals surface area contributed by atoms with Crippen molar-refractivity contribution in [3.05, 3.63) is 64.1 Å². The third kappa shape index (κ3) is 3.67. The van der Waals surface area contributed by atoms with E-state index in [2.05, 4.69) is 10.3 Å². The Kier molecular flexibility index (Phi) is 4.66. The summed E-state index contributed by atoms with van der Waals surface area (Å²) in [5.41, 5.74) is 0.908. The molecule has 0 aliphatic heterocycles. The normalized spacial score (nSPS) is 11.8. The lowest BCUT2D eigenvalue weighted by molar-refractivity contribution is -0.137. The lowest BCUT2D eigenvalue weighted by Crippen LogP contribution is -2.16. The van der Waals surface area contributed by atoms with Crippen molar-refractivity contribution in [3.8, 4) is 0 Å². The predicted octanol–water partition coefficient (Wildman–Crippen LogP) is 5.47. The summed E-state index contributed by atoms with van der Waals surface area (Å²) in [6, 6.07) is 7.32. The summed E-state index contributed by atoms with van der Waals surface area (Å²) >= 11 is 5.56. The van der Waals surface area contributed by atoms with Crippen LogP contribution in [0.1, 0.15) is 16.8 Å². The molecule has 0 radical (unpaired) electrons. The minimum atomic E-state index is -4.62. The second-order valence-electron chi connectivity index (χ2n) is 5.84. The van der Waals surface area contributed by atoms with Crippen LogP contribution < -0.4 is 5.32 Å².